The van der Waals surface area contributed by atoms with E-state index in [0.29, 0.717) is 0 Å². The molecule has 0 radical (unpaired) electrons. The number of esters is 2. The third-order valence-corrected chi connectivity index (χ3v) is 4.36. The van der Waals surface area contributed by atoms with E-state index in [2.05, 4.69) is 0 Å². The number of rotatable bonds is 7. The van der Waals surface area contributed by atoms with E-state index < -0.39 is 30.1 Å². The topological polar surface area (TPSA) is 136 Å². The lowest BCUT2D eigenvalue weighted by atomic mass is 10.0. The Morgan fingerprint density at radius 1 is 0.742 bits per heavy atom. The van der Waals surface area contributed by atoms with E-state index in [0.717, 1.165) is 0 Å². The van der Waals surface area contributed by atoms with Gasteiger partial charge in [-0.2, -0.15) is 0 Å². The maximum absolute atomic E-state index is 12.5. The number of nitrogens with two attached hydrogens (primary N) is 1. The molecule has 0 amide bonds. The number of carboxylic acids is 1. The van der Waals surface area contributed by atoms with E-state index in [-0.39, 0.29) is 28.2 Å². The molecule has 0 heterocycles. The highest BCUT2D eigenvalue weighted by molar-refractivity contribution is 5.93. The molecule has 0 fully saturated rings. The van der Waals surface area contributed by atoms with Gasteiger partial charge in [0.2, 0.25) is 0 Å². The Balaban J connectivity index is 1.94. The summed E-state index contributed by atoms with van der Waals surface area (Å²) in [5.41, 5.74) is 6.08. The SMILES string of the molecule is NC(C(=O)O)C(O)c1ccc(OC(=O)c2ccccc2)c(OC(=O)c2ccccc2)c1. The maximum atomic E-state index is 12.5. The van der Waals surface area contributed by atoms with Gasteiger partial charge in [-0.1, -0.05) is 42.5 Å². The van der Waals surface area contributed by atoms with Crippen LogP contribution in [0.4, 0.5) is 0 Å². The molecule has 8 heteroatoms. The molecule has 3 aromatic rings. The highest BCUT2D eigenvalue weighted by Gasteiger charge is 2.26. The minimum absolute atomic E-state index is 0.0743. The molecule has 2 unspecified atom stereocenters. The van der Waals surface area contributed by atoms with Crippen molar-refractivity contribution in [2.24, 2.45) is 5.73 Å². The molecule has 0 saturated heterocycles. The van der Waals surface area contributed by atoms with Gasteiger partial charge in [0.1, 0.15) is 12.1 Å². The van der Waals surface area contributed by atoms with Crippen LogP contribution in [0.1, 0.15) is 32.4 Å². The predicted octanol–water partition coefficient (Wildman–Crippen LogP) is 2.57. The molecule has 3 aromatic carbocycles. The molecule has 0 bridgehead atoms. The van der Waals surface area contributed by atoms with Gasteiger partial charge in [-0.15, -0.1) is 0 Å². The lowest BCUT2D eigenvalue weighted by Crippen LogP contribution is -2.36. The zero-order valence-corrected chi connectivity index (χ0v) is 16.2. The zero-order chi connectivity index (χ0) is 22.4. The maximum Gasteiger partial charge on any atom is 0.343 e. The summed E-state index contributed by atoms with van der Waals surface area (Å²) in [6, 6.07) is 18.5. The summed E-state index contributed by atoms with van der Waals surface area (Å²) < 4.78 is 10.7. The van der Waals surface area contributed by atoms with Crippen molar-refractivity contribution in [2.45, 2.75) is 12.1 Å². The summed E-state index contributed by atoms with van der Waals surface area (Å²) in [7, 11) is 0. The number of carbonyl (C=O) groups is 3. The van der Waals surface area contributed by atoms with Crippen LogP contribution in [0.15, 0.2) is 78.9 Å². The minimum Gasteiger partial charge on any atom is -0.480 e. The predicted molar refractivity (Wildman–Crippen MR) is 110 cm³/mol. The lowest BCUT2D eigenvalue weighted by molar-refractivity contribution is -0.141. The van der Waals surface area contributed by atoms with E-state index in [1.807, 2.05) is 0 Å². The first-order chi connectivity index (χ1) is 14.9. The second-order valence-electron chi connectivity index (χ2n) is 6.53. The molecular weight excluding hydrogens is 402 g/mol. The molecule has 4 N–H and O–H groups in total. The van der Waals surface area contributed by atoms with Crippen LogP contribution in [0.2, 0.25) is 0 Å². The highest BCUT2D eigenvalue weighted by Crippen LogP contribution is 2.32. The van der Waals surface area contributed by atoms with Crippen LogP contribution in [0, 0.1) is 0 Å². The van der Waals surface area contributed by atoms with E-state index in [1.165, 1.54) is 30.3 Å². The lowest BCUT2D eigenvalue weighted by Gasteiger charge is -2.17. The molecule has 3 rings (SSSR count). The fraction of sp³-hybridized carbons (Fsp3) is 0.0870. The number of aliphatic carboxylic acids is 1. The first-order valence-electron chi connectivity index (χ1n) is 9.21. The van der Waals surface area contributed by atoms with Crippen molar-refractivity contribution in [1.82, 2.24) is 0 Å². The zero-order valence-electron chi connectivity index (χ0n) is 16.2. The summed E-state index contributed by atoms with van der Waals surface area (Å²) >= 11 is 0. The van der Waals surface area contributed by atoms with Crippen molar-refractivity contribution < 1.29 is 34.1 Å². The second-order valence-corrected chi connectivity index (χ2v) is 6.53. The van der Waals surface area contributed by atoms with Gasteiger partial charge >= 0.3 is 17.9 Å². The average Bonchev–Trinajstić information content (AvgIpc) is 2.80. The third kappa shape index (κ3) is 5.33. The first-order valence-corrected chi connectivity index (χ1v) is 9.21. The Morgan fingerprint density at radius 2 is 1.23 bits per heavy atom. The van der Waals surface area contributed by atoms with Crippen LogP contribution in [0.3, 0.4) is 0 Å². The molecule has 0 aliphatic carbocycles. The van der Waals surface area contributed by atoms with Crippen LogP contribution >= 0.6 is 0 Å². The average molecular weight is 421 g/mol. The van der Waals surface area contributed by atoms with Gasteiger partial charge in [0.25, 0.3) is 0 Å². The number of carbonyl (C=O) groups excluding carboxylic acids is 2. The Kier molecular flexibility index (Phi) is 6.76. The Labute approximate surface area is 177 Å². The van der Waals surface area contributed by atoms with Crippen molar-refractivity contribution in [3.8, 4) is 11.5 Å². The van der Waals surface area contributed by atoms with Crippen LogP contribution in [0.25, 0.3) is 0 Å². The quantitative estimate of drug-likeness (QED) is 0.391. The number of hydrogen-bond acceptors (Lipinski definition) is 7. The molecule has 0 spiro atoms. The number of ether oxygens (including phenoxy) is 2. The van der Waals surface area contributed by atoms with E-state index in [9.17, 15) is 19.5 Å². The Morgan fingerprint density at radius 3 is 1.71 bits per heavy atom. The van der Waals surface area contributed by atoms with Crippen LogP contribution < -0.4 is 15.2 Å². The van der Waals surface area contributed by atoms with Gasteiger partial charge < -0.3 is 25.4 Å². The van der Waals surface area contributed by atoms with Gasteiger partial charge in [0.05, 0.1) is 11.1 Å². The summed E-state index contributed by atoms with van der Waals surface area (Å²) in [6.07, 6.45) is -1.58. The number of aliphatic hydroxyl groups is 1. The molecule has 8 nitrogen and oxygen atoms in total. The fourth-order valence-corrected chi connectivity index (χ4v) is 2.68. The van der Waals surface area contributed by atoms with Crippen molar-refractivity contribution in [3.63, 3.8) is 0 Å². The van der Waals surface area contributed by atoms with Gasteiger partial charge in [-0.3, -0.25) is 4.79 Å². The van der Waals surface area contributed by atoms with Crippen molar-refractivity contribution in [3.05, 3.63) is 95.6 Å². The van der Waals surface area contributed by atoms with Gasteiger partial charge in [0.15, 0.2) is 11.5 Å². The van der Waals surface area contributed by atoms with E-state index in [4.69, 9.17) is 20.3 Å². The summed E-state index contributed by atoms with van der Waals surface area (Å²) in [5.74, 6) is -3.08. The number of benzene rings is 3. The molecule has 0 aromatic heterocycles. The smallest absolute Gasteiger partial charge is 0.343 e. The molecule has 31 heavy (non-hydrogen) atoms. The largest absolute Gasteiger partial charge is 0.480 e. The van der Waals surface area contributed by atoms with Crippen LogP contribution in [0.5, 0.6) is 11.5 Å². The molecule has 0 aliphatic heterocycles. The standard InChI is InChI=1S/C23H19NO7/c24-19(21(26)27)20(25)16-11-12-17(30-22(28)14-7-3-1-4-8-14)18(13-16)31-23(29)15-9-5-2-6-10-15/h1-13,19-20,25H,24H2,(H,26,27). The van der Waals surface area contributed by atoms with Gasteiger partial charge in [-0.25, -0.2) is 9.59 Å². The first kappa shape index (κ1) is 21.7. The Hall–Kier alpha value is -4.01. The minimum atomic E-state index is -1.60. The molecule has 0 saturated carbocycles. The number of hydrogen-bond donors (Lipinski definition) is 3. The van der Waals surface area contributed by atoms with Crippen LogP contribution in [-0.2, 0) is 4.79 Å². The van der Waals surface area contributed by atoms with E-state index >= 15 is 0 Å². The monoisotopic (exact) mass is 421 g/mol. The van der Waals surface area contributed by atoms with Gasteiger partial charge in [0, 0.05) is 0 Å². The highest BCUT2D eigenvalue weighted by atomic mass is 16.6. The summed E-state index contributed by atoms with van der Waals surface area (Å²) in [4.78, 5) is 36.0. The summed E-state index contributed by atoms with van der Waals surface area (Å²) in [6.45, 7) is 0. The summed E-state index contributed by atoms with van der Waals surface area (Å²) in [5, 5.41) is 19.3. The number of aliphatic hydroxyl groups excluding tert-OH is 1. The van der Waals surface area contributed by atoms with Crippen molar-refractivity contribution in [1.29, 1.82) is 0 Å². The molecular formula is C23H19NO7. The molecule has 158 valence electrons. The molecule has 0 aliphatic rings. The Bertz CT molecular complexity index is 1080. The molecule has 2 atom stereocenters. The number of carboxylic acid groups (broad SMARTS) is 1. The van der Waals surface area contributed by atoms with Gasteiger partial charge in [-0.05, 0) is 42.0 Å². The van der Waals surface area contributed by atoms with E-state index in [1.54, 1.807) is 48.5 Å². The van der Waals surface area contributed by atoms with Crippen LogP contribution in [-0.4, -0.2) is 34.2 Å². The van der Waals surface area contributed by atoms with Crippen molar-refractivity contribution in [2.75, 3.05) is 0 Å². The second kappa shape index (κ2) is 9.66. The van der Waals surface area contributed by atoms with Crippen molar-refractivity contribution >= 4 is 17.9 Å². The normalized spacial score (nSPS) is 12.5. The third-order valence-electron chi connectivity index (χ3n) is 4.36. The fourth-order valence-electron chi connectivity index (χ4n) is 2.68.